The van der Waals surface area contributed by atoms with E-state index in [1.54, 1.807) is 0 Å². The second kappa shape index (κ2) is 9.63. The first-order valence-corrected chi connectivity index (χ1v) is 10.6. The molecule has 156 valence electrons. The third-order valence-corrected chi connectivity index (χ3v) is 5.32. The highest BCUT2D eigenvalue weighted by Gasteiger charge is 2.23. The number of hydrogen-bond donors (Lipinski definition) is 3. The summed E-state index contributed by atoms with van der Waals surface area (Å²) < 4.78 is 0. The monoisotopic (exact) mass is 423 g/mol. The zero-order valence-corrected chi connectivity index (χ0v) is 17.7. The fourth-order valence-corrected chi connectivity index (χ4v) is 3.82. The summed E-state index contributed by atoms with van der Waals surface area (Å²) in [6, 6.07) is 16.6. The van der Waals surface area contributed by atoms with Gasteiger partial charge in [0.1, 0.15) is 6.33 Å². The Hall–Kier alpha value is -3.06. The van der Waals surface area contributed by atoms with E-state index in [4.69, 9.17) is 16.6 Å². The van der Waals surface area contributed by atoms with Gasteiger partial charge in [-0.25, -0.2) is 9.98 Å². The van der Waals surface area contributed by atoms with Crippen molar-refractivity contribution in [1.29, 1.82) is 0 Å². The second-order valence-corrected chi connectivity index (χ2v) is 7.72. The van der Waals surface area contributed by atoms with Gasteiger partial charge in [-0.15, -0.1) is 0 Å². The molecular formula is C22H26ClN7. The van der Waals surface area contributed by atoms with Gasteiger partial charge >= 0.3 is 0 Å². The van der Waals surface area contributed by atoms with Gasteiger partial charge in [0, 0.05) is 41.9 Å². The first kappa shape index (κ1) is 20.2. The van der Waals surface area contributed by atoms with E-state index >= 15 is 0 Å². The molecule has 0 bridgehead atoms. The van der Waals surface area contributed by atoms with Crippen LogP contribution in [0.1, 0.15) is 18.9 Å². The molecule has 0 aliphatic carbocycles. The van der Waals surface area contributed by atoms with Gasteiger partial charge in [0.25, 0.3) is 0 Å². The summed E-state index contributed by atoms with van der Waals surface area (Å²) in [6.45, 7) is 5.40. The van der Waals surface area contributed by atoms with Gasteiger partial charge < -0.3 is 15.5 Å². The molecule has 1 atom stereocenters. The number of H-pyrrole nitrogens is 1. The number of hydrogen-bond acceptors (Lipinski definition) is 4. The lowest BCUT2D eigenvalue weighted by Crippen LogP contribution is -2.44. The van der Waals surface area contributed by atoms with Crippen LogP contribution in [-0.2, 0) is 6.54 Å². The predicted molar refractivity (Wildman–Crippen MR) is 122 cm³/mol. The number of halogens is 1. The predicted octanol–water partition coefficient (Wildman–Crippen LogP) is 3.46. The number of rotatable bonds is 6. The van der Waals surface area contributed by atoms with Crippen molar-refractivity contribution in [1.82, 2.24) is 25.8 Å². The van der Waals surface area contributed by atoms with Crippen molar-refractivity contribution in [3.8, 4) is 11.4 Å². The maximum atomic E-state index is 6.15. The lowest BCUT2D eigenvalue weighted by Gasteiger charge is -2.20. The van der Waals surface area contributed by atoms with E-state index in [1.807, 2.05) is 30.3 Å². The Bertz CT molecular complexity index is 987. The van der Waals surface area contributed by atoms with Gasteiger partial charge in [0.15, 0.2) is 11.8 Å². The van der Waals surface area contributed by atoms with Crippen LogP contribution >= 0.6 is 11.6 Å². The summed E-state index contributed by atoms with van der Waals surface area (Å²) in [5.74, 6) is 1.60. The molecule has 0 radical (unpaired) electrons. The van der Waals surface area contributed by atoms with E-state index in [1.165, 1.54) is 6.33 Å². The molecule has 30 heavy (non-hydrogen) atoms. The van der Waals surface area contributed by atoms with E-state index in [2.05, 4.69) is 55.8 Å². The normalized spacial score (nSPS) is 16.7. The highest BCUT2D eigenvalue weighted by atomic mass is 35.5. The fraction of sp³-hybridized carbons (Fsp3) is 0.318. The van der Waals surface area contributed by atoms with Crippen LogP contribution in [0.2, 0.25) is 5.02 Å². The van der Waals surface area contributed by atoms with Crippen LogP contribution in [-0.4, -0.2) is 46.8 Å². The van der Waals surface area contributed by atoms with Crippen molar-refractivity contribution >= 4 is 23.2 Å². The summed E-state index contributed by atoms with van der Waals surface area (Å²) in [5, 5.41) is 14.5. The first-order chi connectivity index (χ1) is 14.7. The Morgan fingerprint density at radius 3 is 2.97 bits per heavy atom. The third-order valence-electron chi connectivity index (χ3n) is 5.08. The molecule has 1 unspecified atom stereocenters. The van der Waals surface area contributed by atoms with Gasteiger partial charge in [-0.3, -0.25) is 5.10 Å². The Kier molecular flexibility index (Phi) is 6.49. The summed E-state index contributed by atoms with van der Waals surface area (Å²) in [7, 11) is 0. The van der Waals surface area contributed by atoms with E-state index in [0.717, 1.165) is 59.7 Å². The Balaban J connectivity index is 1.39. The molecule has 1 saturated heterocycles. The van der Waals surface area contributed by atoms with Crippen LogP contribution in [0.3, 0.4) is 0 Å². The number of aromatic amines is 1. The smallest absolute Gasteiger partial charge is 0.191 e. The molecule has 1 aliphatic heterocycles. The minimum absolute atomic E-state index is 0.335. The molecule has 0 saturated carbocycles. The van der Waals surface area contributed by atoms with Crippen molar-refractivity contribution in [2.45, 2.75) is 25.9 Å². The lowest BCUT2D eigenvalue weighted by molar-refractivity contribution is 0.649. The summed E-state index contributed by atoms with van der Waals surface area (Å²) in [6.07, 6.45) is 2.57. The van der Waals surface area contributed by atoms with Crippen LogP contribution in [0.25, 0.3) is 11.4 Å². The van der Waals surface area contributed by atoms with Gasteiger partial charge in [0.2, 0.25) is 0 Å². The van der Waals surface area contributed by atoms with E-state index in [0.29, 0.717) is 12.6 Å². The average Bonchev–Trinajstić information content (AvgIpc) is 3.45. The van der Waals surface area contributed by atoms with E-state index in [-0.39, 0.29) is 0 Å². The van der Waals surface area contributed by atoms with Gasteiger partial charge in [0.05, 0.1) is 6.54 Å². The number of nitrogens with zero attached hydrogens (tertiary/aromatic N) is 4. The minimum Gasteiger partial charge on any atom is -0.369 e. The van der Waals surface area contributed by atoms with Crippen molar-refractivity contribution in [3.63, 3.8) is 0 Å². The average molecular weight is 424 g/mol. The van der Waals surface area contributed by atoms with Crippen molar-refractivity contribution in [2.24, 2.45) is 4.99 Å². The lowest BCUT2D eigenvalue weighted by atomic mass is 10.1. The van der Waals surface area contributed by atoms with E-state index < -0.39 is 0 Å². The summed E-state index contributed by atoms with van der Waals surface area (Å²) in [5.41, 5.74) is 3.29. The van der Waals surface area contributed by atoms with Gasteiger partial charge in [-0.1, -0.05) is 35.9 Å². The zero-order chi connectivity index (χ0) is 20.8. The maximum absolute atomic E-state index is 6.15. The topological polar surface area (TPSA) is 81.2 Å². The quantitative estimate of drug-likeness (QED) is 0.418. The van der Waals surface area contributed by atoms with Crippen LogP contribution in [0.4, 0.5) is 5.69 Å². The molecule has 1 aliphatic rings. The molecule has 0 amide bonds. The van der Waals surface area contributed by atoms with Gasteiger partial charge in [-0.2, -0.15) is 5.10 Å². The standard InChI is InChI=1S/C22H26ClN7/c1-2-24-22(25-13-16-5-3-6-17(11-16)21-26-15-27-29-21)28-19-9-10-30(14-19)20-8-4-7-18(23)12-20/h3-8,11-12,15,19H,2,9-10,13-14H2,1H3,(H2,24,25,28)(H,26,27,29). The van der Waals surface area contributed by atoms with Gasteiger partial charge in [-0.05, 0) is 43.2 Å². The Labute approximate surface area is 181 Å². The number of aromatic nitrogens is 3. The molecule has 2 aromatic carbocycles. The summed E-state index contributed by atoms with van der Waals surface area (Å²) >= 11 is 6.15. The van der Waals surface area contributed by atoms with Crippen LogP contribution in [0, 0.1) is 0 Å². The largest absolute Gasteiger partial charge is 0.369 e. The molecule has 1 aromatic heterocycles. The zero-order valence-electron chi connectivity index (χ0n) is 17.0. The minimum atomic E-state index is 0.335. The number of anilines is 1. The molecule has 4 rings (SSSR count). The van der Waals surface area contributed by atoms with Crippen LogP contribution in [0.15, 0.2) is 59.9 Å². The second-order valence-electron chi connectivity index (χ2n) is 7.29. The highest BCUT2D eigenvalue weighted by molar-refractivity contribution is 6.30. The third kappa shape index (κ3) is 5.10. The SMILES string of the molecule is CCNC(=NCc1cccc(-c2ncn[nH]2)c1)NC1CCN(c2cccc(Cl)c2)C1. The number of aliphatic imine (C=N–C) groups is 1. The molecule has 8 heteroatoms. The number of guanidine groups is 1. The Morgan fingerprint density at radius 1 is 1.27 bits per heavy atom. The highest BCUT2D eigenvalue weighted by Crippen LogP contribution is 2.23. The maximum Gasteiger partial charge on any atom is 0.191 e. The Morgan fingerprint density at radius 2 is 2.17 bits per heavy atom. The van der Waals surface area contributed by atoms with E-state index in [9.17, 15) is 0 Å². The molecule has 2 heterocycles. The molecular weight excluding hydrogens is 398 g/mol. The van der Waals surface area contributed by atoms with Crippen molar-refractivity contribution in [2.75, 3.05) is 24.5 Å². The summed E-state index contributed by atoms with van der Waals surface area (Å²) in [4.78, 5) is 11.4. The number of benzene rings is 2. The fourth-order valence-electron chi connectivity index (χ4n) is 3.63. The molecule has 3 aromatic rings. The molecule has 0 spiro atoms. The first-order valence-electron chi connectivity index (χ1n) is 10.2. The molecule has 3 N–H and O–H groups in total. The van der Waals surface area contributed by atoms with Crippen LogP contribution < -0.4 is 15.5 Å². The molecule has 1 fully saturated rings. The molecule has 7 nitrogen and oxygen atoms in total. The van der Waals surface area contributed by atoms with Crippen LogP contribution in [0.5, 0.6) is 0 Å². The van der Waals surface area contributed by atoms with Crippen molar-refractivity contribution < 1.29 is 0 Å². The number of nitrogens with one attached hydrogen (secondary N) is 3. The van der Waals surface area contributed by atoms with Crippen molar-refractivity contribution in [3.05, 3.63) is 65.4 Å².